The van der Waals surface area contributed by atoms with Gasteiger partial charge in [0.1, 0.15) is 0 Å². The lowest BCUT2D eigenvalue weighted by molar-refractivity contribution is -0.121. The fourth-order valence-corrected chi connectivity index (χ4v) is 2.26. The summed E-state index contributed by atoms with van der Waals surface area (Å²) < 4.78 is 1.02. The van der Waals surface area contributed by atoms with E-state index < -0.39 is 0 Å². The van der Waals surface area contributed by atoms with Gasteiger partial charge in [0.25, 0.3) is 0 Å². The van der Waals surface area contributed by atoms with Crippen molar-refractivity contribution in [2.24, 2.45) is 5.92 Å². The number of hydrogen-bond acceptors (Lipinski definition) is 1. The first-order valence-corrected chi connectivity index (χ1v) is 7.43. The van der Waals surface area contributed by atoms with Gasteiger partial charge in [0.2, 0.25) is 5.91 Å². The molecule has 0 heterocycles. The highest BCUT2D eigenvalue weighted by Crippen LogP contribution is 2.11. The second-order valence-corrected chi connectivity index (χ2v) is 6.08. The van der Waals surface area contributed by atoms with Gasteiger partial charge in [0.05, 0.1) is 6.42 Å². The summed E-state index contributed by atoms with van der Waals surface area (Å²) in [7, 11) is 0. The van der Waals surface area contributed by atoms with Crippen molar-refractivity contribution in [3.8, 4) is 0 Å². The van der Waals surface area contributed by atoms with Gasteiger partial charge in [-0.3, -0.25) is 4.79 Å². The third-order valence-electron chi connectivity index (χ3n) is 2.59. The molecule has 1 N–H and O–H groups in total. The van der Waals surface area contributed by atoms with Crippen molar-refractivity contribution in [1.29, 1.82) is 0 Å². The van der Waals surface area contributed by atoms with Crippen LogP contribution >= 0.6 is 27.5 Å². The highest BCUT2D eigenvalue weighted by Gasteiger charge is 2.13. The summed E-state index contributed by atoms with van der Waals surface area (Å²) in [5, 5.41) is 2.98. The van der Waals surface area contributed by atoms with Crippen molar-refractivity contribution in [3.05, 3.63) is 34.3 Å². The van der Waals surface area contributed by atoms with E-state index in [1.807, 2.05) is 24.3 Å². The lowest BCUT2D eigenvalue weighted by atomic mass is 10.0. The molecule has 0 aliphatic rings. The second kappa shape index (κ2) is 7.80. The molecule has 0 saturated heterocycles. The molecule has 100 valence electrons. The van der Waals surface area contributed by atoms with Crippen molar-refractivity contribution in [2.45, 2.75) is 32.7 Å². The molecule has 0 aliphatic carbocycles. The van der Waals surface area contributed by atoms with Gasteiger partial charge in [-0.15, -0.1) is 11.6 Å². The zero-order valence-electron chi connectivity index (χ0n) is 10.7. The number of hydrogen-bond donors (Lipinski definition) is 1. The molecule has 18 heavy (non-hydrogen) atoms. The number of nitrogens with one attached hydrogen (secondary N) is 1. The number of rotatable bonds is 6. The molecular formula is C14H19BrClNO. The maximum absolute atomic E-state index is 11.9. The minimum atomic E-state index is 0.0311. The Balaban J connectivity index is 2.47. The summed E-state index contributed by atoms with van der Waals surface area (Å²) in [5.74, 6) is 1.02. The van der Waals surface area contributed by atoms with E-state index in [4.69, 9.17) is 11.6 Å². The quantitative estimate of drug-likeness (QED) is 0.790. The predicted octanol–water partition coefficient (Wildman–Crippen LogP) is 3.76. The molecule has 0 saturated carbocycles. The number of benzene rings is 1. The normalized spacial score (nSPS) is 12.5. The van der Waals surface area contributed by atoms with E-state index in [-0.39, 0.29) is 11.9 Å². The Hall–Kier alpha value is -0.540. The number of halogens is 2. The first-order valence-electron chi connectivity index (χ1n) is 6.11. The molecule has 1 aromatic rings. The minimum absolute atomic E-state index is 0.0311. The molecule has 2 nitrogen and oxygen atoms in total. The molecule has 1 atom stereocenters. The summed E-state index contributed by atoms with van der Waals surface area (Å²) in [6.07, 6.45) is 1.31. The Bertz CT molecular complexity index is 378. The molecule has 0 fully saturated rings. The van der Waals surface area contributed by atoms with Gasteiger partial charge in [0.15, 0.2) is 0 Å². The van der Waals surface area contributed by atoms with E-state index >= 15 is 0 Å². The van der Waals surface area contributed by atoms with Crippen molar-refractivity contribution in [3.63, 3.8) is 0 Å². The van der Waals surface area contributed by atoms with Crippen molar-refractivity contribution in [2.75, 3.05) is 5.88 Å². The van der Waals surface area contributed by atoms with Gasteiger partial charge in [-0.05, 0) is 30.0 Å². The van der Waals surface area contributed by atoms with Crippen LogP contribution in [0.15, 0.2) is 28.7 Å². The molecular weight excluding hydrogens is 314 g/mol. The van der Waals surface area contributed by atoms with E-state index in [1.165, 1.54) is 0 Å². The van der Waals surface area contributed by atoms with Crippen molar-refractivity contribution in [1.82, 2.24) is 5.32 Å². The maximum atomic E-state index is 11.9. The smallest absolute Gasteiger partial charge is 0.224 e. The number of alkyl halides is 1. The molecule has 0 aliphatic heterocycles. The van der Waals surface area contributed by atoms with Crippen molar-refractivity contribution >= 4 is 33.4 Å². The van der Waals surface area contributed by atoms with Crippen LogP contribution in [0.25, 0.3) is 0 Å². The highest BCUT2D eigenvalue weighted by molar-refractivity contribution is 9.10. The van der Waals surface area contributed by atoms with E-state index in [0.717, 1.165) is 16.5 Å². The van der Waals surface area contributed by atoms with Gasteiger partial charge in [-0.2, -0.15) is 0 Å². The Labute approximate surface area is 122 Å². The molecule has 1 unspecified atom stereocenters. The van der Waals surface area contributed by atoms with Gasteiger partial charge >= 0.3 is 0 Å². The number of carbonyl (C=O) groups excluding carboxylic acids is 1. The highest BCUT2D eigenvalue weighted by atomic mass is 79.9. The summed E-state index contributed by atoms with van der Waals surface area (Å²) >= 11 is 9.23. The van der Waals surface area contributed by atoms with Crippen molar-refractivity contribution < 1.29 is 4.79 Å². The summed E-state index contributed by atoms with van der Waals surface area (Å²) in [4.78, 5) is 11.9. The Morgan fingerprint density at radius 2 is 1.94 bits per heavy atom. The fraction of sp³-hybridized carbons (Fsp3) is 0.500. The maximum Gasteiger partial charge on any atom is 0.224 e. The fourth-order valence-electron chi connectivity index (χ4n) is 1.80. The molecule has 0 radical (unpaired) electrons. The van der Waals surface area contributed by atoms with Crippen LogP contribution in [0.1, 0.15) is 25.8 Å². The average molecular weight is 333 g/mol. The lowest BCUT2D eigenvalue weighted by Gasteiger charge is -2.18. The largest absolute Gasteiger partial charge is 0.352 e. The number of amides is 1. The zero-order valence-corrected chi connectivity index (χ0v) is 13.1. The zero-order chi connectivity index (χ0) is 13.5. The molecule has 1 aromatic carbocycles. The molecule has 1 amide bonds. The van der Waals surface area contributed by atoms with Crippen LogP contribution < -0.4 is 5.32 Å². The summed E-state index contributed by atoms with van der Waals surface area (Å²) in [5.41, 5.74) is 1.01. The van der Waals surface area contributed by atoms with Crippen LogP contribution in [-0.2, 0) is 11.2 Å². The Morgan fingerprint density at radius 1 is 1.33 bits per heavy atom. The lowest BCUT2D eigenvalue weighted by Crippen LogP contribution is -2.38. The third kappa shape index (κ3) is 5.87. The van der Waals surface area contributed by atoms with Crippen LogP contribution in [0, 0.1) is 5.92 Å². The molecule has 1 rings (SSSR count). The molecule has 0 spiro atoms. The van der Waals surface area contributed by atoms with Crippen LogP contribution in [0.2, 0.25) is 0 Å². The van der Waals surface area contributed by atoms with Crippen LogP contribution in [0.4, 0.5) is 0 Å². The third-order valence-corrected chi connectivity index (χ3v) is 3.49. The van der Waals surface area contributed by atoms with E-state index in [1.54, 1.807) is 0 Å². The monoisotopic (exact) mass is 331 g/mol. The second-order valence-electron chi connectivity index (χ2n) is 4.85. The van der Waals surface area contributed by atoms with Crippen LogP contribution in [0.5, 0.6) is 0 Å². The van der Waals surface area contributed by atoms with Crippen LogP contribution in [-0.4, -0.2) is 17.8 Å². The summed E-state index contributed by atoms with van der Waals surface area (Å²) in [6, 6.07) is 7.84. The number of carbonyl (C=O) groups is 1. The van der Waals surface area contributed by atoms with Gasteiger partial charge < -0.3 is 5.32 Å². The van der Waals surface area contributed by atoms with E-state index in [9.17, 15) is 4.79 Å². The van der Waals surface area contributed by atoms with Gasteiger partial charge in [-0.1, -0.05) is 41.9 Å². The van der Waals surface area contributed by atoms with E-state index in [0.29, 0.717) is 18.2 Å². The molecule has 0 bridgehead atoms. The molecule has 0 aromatic heterocycles. The average Bonchev–Trinajstić information content (AvgIpc) is 2.30. The topological polar surface area (TPSA) is 29.1 Å². The minimum Gasteiger partial charge on any atom is -0.352 e. The standard InChI is InChI=1S/C14H19BrClNO/c1-10(2)7-13(9-16)17-14(18)8-11-3-5-12(15)6-4-11/h3-6,10,13H,7-9H2,1-2H3,(H,17,18). The van der Waals surface area contributed by atoms with Gasteiger partial charge in [-0.25, -0.2) is 0 Å². The van der Waals surface area contributed by atoms with Crippen LogP contribution in [0.3, 0.4) is 0 Å². The SMILES string of the molecule is CC(C)CC(CCl)NC(=O)Cc1ccc(Br)cc1. The first kappa shape index (κ1) is 15.5. The predicted molar refractivity (Wildman–Crippen MR) is 80.0 cm³/mol. The van der Waals surface area contributed by atoms with Gasteiger partial charge in [0, 0.05) is 16.4 Å². The Kier molecular flexibility index (Phi) is 6.72. The van der Waals surface area contributed by atoms with E-state index in [2.05, 4.69) is 35.1 Å². The molecule has 4 heteroatoms. The first-order chi connectivity index (χ1) is 8.51. The summed E-state index contributed by atoms with van der Waals surface area (Å²) in [6.45, 7) is 4.25. The Morgan fingerprint density at radius 3 is 2.44 bits per heavy atom.